The summed E-state index contributed by atoms with van der Waals surface area (Å²) in [6.07, 6.45) is -8.21. The van der Waals surface area contributed by atoms with Gasteiger partial charge in [-0.3, -0.25) is 19.2 Å². The maximum atomic E-state index is 14.4. The van der Waals surface area contributed by atoms with E-state index in [-0.39, 0.29) is 72.8 Å². The lowest BCUT2D eigenvalue weighted by molar-refractivity contribution is -0.265. The molecule has 2 saturated carbocycles. The summed E-state index contributed by atoms with van der Waals surface area (Å²) in [6.45, 7) is -0.919. The minimum absolute atomic E-state index is 0.128. The molecule has 4 aromatic heterocycles. The van der Waals surface area contributed by atoms with Crippen LogP contribution < -0.4 is 65.5 Å². The number of aromatic nitrogens is 4. The van der Waals surface area contributed by atoms with E-state index in [0.717, 1.165) is 0 Å². The van der Waals surface area contributed by atoms with Gasteiger partial charge in [0.15, 0.2) is 47.7 Å². The molecule has 29 nitrogen and oxygen atoms in total. The van der Waals surface area contributed by atoms with Gasteiger partial charge in [-0.1, -0.05) is 0 Å². The van der Waals surface area contributed by atoms with E-state index in [1.54, 1.807) is 24.3 Å². The molecule has 22 N–H and O–H groups in total. The fourth-order valence-electron chi connectivity index (χ4n) is 13.4. The molecule has 12 rings (SSSR count). The van der Waals surface area contributed by atoms with Crippen molar-refractivity contribution in [3.05, 3.63) is 83.3 Å². The van der Waals surface area contributed by atoms with Gasteiger partial charge in [-0.2, -0.15) is 0 Å². The highest BCUT2D eigenvalue weighted by molar-refractivity contribution is 9.14. The van der Waals surface area contributed by atoms with Gasteiger partial charge in [0, 0.05) is 49.9 Å². The summed E-state index contributed by atoms with van der Waals surface area (Å²) >= 11 is 27.4. The van der Waals surface area contributed by atoms with Crippen LogP contribution >= 0.6 is 127 Å². The third-order valence-corrected chi connectivity index (χ3v) is 23.4. The second-order valence-corrected chi connectivity index (χ2v) is 27.2. The number of aromatic amines is 4. The van der Waals surface area contributed by atoms with Crippen LogP contribution in [0.15, 0.2) is 80.5 Å². The largest absolute Gasteiger partial charge is 0.370 e. The van der Waals surface area contributed by atoms with Crippen molar-refractivity contribution >= 4 is 175 Å². The third-order valence-electron chi connectivity index (χ3n) is 16.3. The molecule has 0 bridgehead atoms. The van der Waals surface area contributed by atoms with Crippen LogP contribution in [-0.4, -0.2) is 163 Å². The lowest BCUT2D eigenvalue weighted by Crippen LogP contribution is -2.78. The molecule has 2 saturated heterocycles. The van der Waals surface area contributed by atoms with Crippen LogP contribution in [0.2, 0.25) is 0 Å². The van der Waals surface area contributed by atoms with Crippen molar-refractivity contribution in [1.82, 2.24) is 62.5 Å². The molecule has 4 aromatic rings. The molecular weight excluding hydrogens is 1590 g/mol. The molecule has 0 unspecified atom stereocenters. The van der Waals surface area contributed by atoms with Crippen LogP contribution in [0.4, 0.5) is 0 Å². The van der Waals surface area contributed by atoms with Crippen molar-refractivity contribution < 1.29 is 43.6 Å². The number of nitrogens with zero attached hydrogens (tertiary/aromatic N) is 4. The number of amides is 4. The Morgan fingerprint density at radius 1 is 0.469 bits per heavy atom. The van der Waals surface area contributed by atoms with E-state index in [2.05, 4.69) is 200 Å². The van der Waals surface area contributed by atoms with Crippen LogP contribution in [0.1, 0.15) is 42.0 Å². The summed E-state index contributed by atoms with van der Waals surface area (Å²) in [7, 11) is 0. The second-order valence-electron chi connectivity index (χ2n) is 20.6. The number of nitrogens with one attached hydrogen (secondary N) is 12. The number of aliphatic imine (C=N–C) groups is 4. The molecule has 16 atom stereocenters. The fourth-order valence-corrected chi connectivity index (χ4v) is 16.0. The van der Waals surface area contributed by atoms with Crippen molar-refractivity contribution in [3.8, 4) is 0 Å². The molecule has 2 spiro atoms. The summed E-state index contributed by atoms with van der Waals surface area (Å²) in [5, 5.41) is 51.4. The highest BCUT2D eigenvalue weighted by atomic mass is 79.9. The second kappa shape index (κ2) is 20.8. The van der Waals surface area contributed by atoms with Crippen LogP contribution in [0, 0.1) is 35.5 Å². The fraction of sp³-hybridized carbons (Fsp3) is 0.455. The number of carbonyl (C=O) groups excluding carboxylic acids is 4. The predicted octanol–water partition coefficient (Wildman–Crippen LogP) is 0.488. The molecule has 2 aliphatic carbocycles. The molecule has 0 radical (unpaired) electrons. The maximum Gasteiger partial charge on any atom is 0.267 e. The third kappa shape index (κ3) is 9.18. The summed E-state index contributed by atoms with van der Waals surface area (Å²) in [4.78, 5) is 87.6. The zero-order valence-electron chi connectivity index (χ0n) is 40.9. The van der Waals surface area contributed by atoms with Gasteiger partial charge in [0.25, 0.3) is 23.6 Å². The number of aliphatic hydroxyl groups is 2. The van der Waals surface area contributed by atoms with E-state index < -0.39 is 119 Å². The molecule has 6 aliphatic heterocycles. The Bertz CT molecular complexity index is 3150. The molecule has 4 fully saturated rings. The van der Waals surface area contributed by atoms with Gasteiger partial charge >= 0.3 is 0 Å². The Hall–Kier alpha value is -4.28. The van der Waals surface area contributed by atoms with Crippen molar-refractivity contribution in [2.24, 2.45) is 78.4 Å². The predicted molar refractivity (Wildman–Crippen MR) is 315 cm³/mol. The SMILES string of the molecule is NC1=N[C@@H]2O[C@@H]3N=C(N)N[C@]34[C@H]([C@H](CNC(=O)c3cc(Br)c(Br)[nH]3)[C@@H](CNC(=O)c3cc(Br)c(Br)[nH]3)[C@@H]4O[C@H]3[C@H](CNC(=O)c4cc(Br)c(Br)[nH]4)[C@@H](CNC(=O)c4cc(Br)c(Br)[nH]4)[C@@H]4[C@]5(O)NC(N)=N[C@@H]5O[C@@H]5N=C(N)N[C@]453)[C@]2(O)N1. The molecule has 8 aliphatic rings. The number of nitrogens with two attached hydrogens (primary N) is 4. The van der Waals surface area contributed by atoms with Gasteiger partial charge in [-0.05, 0) is 164 Å². The minimum Gasteiger partial charge on any atom is -0.370 e. The standard InChI is InChI=1S/C44H46Br8N20O9/c45-13-1-17(61-25(13)49)29(73)57-5-9-11(7-59-31(75)19-3-15(47)27(51)63-19)23(41-21(9)43(77)35(67-39(55)71-43)80-33(41)65-37(53)69-41)79-24-12(8-60-32(76)20-4-16(48)28(52)64-20)10(6-58-30(74)18-2-14(46)26(50)62-18)22-42(24)34(66-38(54)70-42)81-36-44(22,78)72-40(56)68-36/h1-4,9-12,21-24,33-36,61-64,77-78H,5-8H2,(H,57,73)(H,58,74)(H,59,75)(H,60,76)(H3,53,65,69)(H3,54,66,70)(H3,55,67,71)(H3,56,68,72)/t9-,10-,11-,12-,21+,22+,23+,24+,33+,34+,35-,36-,41+,42+,43-,44-/m1/s1. The van der Waals surface area contributed by atoms with E-state index >= 15 is 0 Å². The van der Waals surface area contributed by atoms with Crippen LogP contribution in [0.3, 0.4) is 0 Å². The first-order valence-electron chi connectivity index (χ1n) is 24.5. The minimum atomic E-state index is -2.20. The average molecular weight is 1640 g/mol. The Morgan fingerprint density at radius 2 is 0.741 bits per heavy atom. The molecule has 37 heteroatoms. The van der Waals surface area contributed by atoms with E-state index in [9.17, 15) is 29.4 Å². The average Bonchev–Trinajstić information content (AvgIpc) is 1.81. The lowest BCUT2D eigenvalue weighted by Gasteiger charge is -2.54. The van der Waals surface area contributed by atoms with Crippen LogP contribution in [-0.2, 0) is 14.2 Å². The molecule has 4 amide bonds. The Kier molecular flexibility index (Phi) is 14.6. The smallest absolute Gasteiger partial charge is 0.267 e. The van der Waals surface area contributed by atoms with Gasteiger partial charge in [0.05, 0.1) is 48.5 Å². The lowest BCUT2D eigenvalue weighted by atomic mass is 9.70. The summed E-state index contributed by atoms with van der Waals surface area (Å²) in [6, 6.07) is 6.32. The number of rotatable bonds is 14. The van der Waals surface area contributed by atoms with Gasteiger partial charge in [-0.15, -0.1) is 0 Å². The van der Waals surface area contributed by atoms with E-state index in [1.807, 2.05) is 0 Å². The van der Waals surface area contributed by atoms with Gasteiger partial charge in [0.2, 0.25) is 12.5 Å². The van der Waals surface area contributed by atoms with Crippen molar-refractivity contribution in [2.75, 3.05) is 26.2 Å². The molecule has 432 valence electrons. The first-order valence-corrected chi connectivity index (χ1v) is 30.9. The van der Waals surface area contributed by atoms with E-state index in [0.29, 0.717) is 36.3 Å². The molecule has 0 aromatic carbocycles. The monoisotopic (exact) mass is 1630 g/mol. The number of hydrogen-bond donors (Lipinski definition) is 18. The van der Waals surface area contributed by atoms with Crippen molar-refractivity contribution in [2.45, 2.75) is 59.6 Å². The number of H-pyrrole nitrogens is 4. The van der Waals surface area contributed by atoms with Gasteiger partial charge in [-0.25, -0.2) is 20.0 Å². The number of fused-ring (bicyclic) bond motifs is 4. The number of hydrogen-bond acceptors (Lipinski definition) is 21. The zero-order chi connectivity index (χ0) is 57.6. The summed E-state index contributed by atoms with van der Waals surface area (Å²) in [5.41, 5.74) is 18.9. The first kappa shape index (κ1) is 57.2. The Balaban J connectivity index is 1.03. The van der Waals surface area contributed by atoms with Crippen molar-refractivity contribution in [1.29, 1.82) is 0 Å². The topological polar surface area (TPSA) is 449 Å². The Labute approximate surface area is 523 Å². The quantitative estimate of drug-likeness (QED) is 0.0817. The summed E-state index contributed by atoms with van der Waals surface area (Å²) in [5.74, 6) is -9.17. The first-order chi connectivity index (χ1) is 38.4. The van der Waals surface area contributed by atoms with Crippen LogP contribution in [0.25, 0.3) is 0 Å². The highest BCUT2D eigenvalue weighted by Crippen LogP contribution is 2.63. The zero-order valence-corrected chi connectivity index (χ0v) is 53.6. The number of guanidine groups is 4. The number of halogens is 8. The van der Waals surface area contributed by atoms with Gasteiger partial charge in [0.1, 0.15) is 33.9 Å². The highest BCUT2D eigenvalue weighted by Gasteiger charge is 2.81. The van der Waals surface area contributed by atoms with Gasteiger partial charge < -0.3 is 110 Å². The Morgan fingerprint density at radius 3 is 1.02 bits per heavy atom. The number of carbonyl (C=O) groups is 4. The maximum absolute atomic E-state index is 14.4. The molecule has 10 heterocycles. The molecular formula is C44H46Br8N20O9. The molecule has 81 heavy (non-hydrogen) atoms. The van der Waals surface area contributed by atoms with E-state index in [4.69, 9.17) is 47.1 Å². The number of ether oxygens (including phenoxy) is 3. The summed E-state index contributed by atoms with van der Waals surface area (Å²) < 4.78 is 25.4. The normalized spacial score (nSPS) is 35.5. The van der Waals surface area contributed by atoms with Crippen molar-refractivity contribution in [3.63, 3.8) is 0 Å². The van der Waals surface area contributed by atoms with Crippen LogP contribution in [0.5, 0.6) is 0 Å². The van der Waals surface area contributed by atoms with E-state index in [1.165, 1.54) is 0 Å².